The van der Waals surface area contributed by atoms with Crippen molar-refractivity contribution >= 4 is 27.4 Å². The van der Waals surface area contributed by atoms with Gasteiger partial charge < -0.3 is 0 Å². The number of alkyl halides is 1. The number of nitrogens with zero attached hydrogens (tertiary/aromatic N) is 1. The van der Waals surface area contributed by atoms with E-state index in [-0.39, 0.29) is 17.7 Å². The van der Waals surface area contributed by atoms with Crippen LogP contribution in [0.1, 0.15) is 16.8 Å². The van der Waals surface area contributed by atoms with Crippen molar-refractivity contribution in [1.82, 2.24) is 0 Å². The van der Waals surface area contributed by atoms with Gasteiger partial charge in [0.2, 0.25) is 0 Å². The maximum absolute atomic E-state index is 13.1. The van der Waals surface area contributed by atoms with E-state index >= 15 is 0 Å². The lowest BCUT2D eigenvalue weighted by molar-refractivity contribution is -0.384. The van der Waals surface area contributed by atoms with Gasteiger partial charge in [-0.2, -0.15) is 0 Å². The van der Waals surface area contributed by atoms with E-state index < -0.39 is 16.5 Å². The highest BCUT2D eigenvalue weighted by Gasteiger charge is 2.15. The predicted molar refractivity (Wildman–Crippen MR) is 55.8 cm³/mol. The Morgan fingerprint density at radius 2 is 2.20 bits per heavy atom. The molecule has 0 heterocycles. The van der Waals surface area contributed by atoms with Crippen molar-refractivity contribution in [2.75, 3.05) is 5.33 Å². The fraction of sp³-hybridized carbons (Fsp3) is 0.222. The summed E-state index contributed by atoms with van der Waals surface area (Å²) in [6, 6.07) is 2.92. The molecule has 6 heteroatoms. The zero-order valence-corrected chi connectivity index (χ0v) is 9.16. The van der Waals surface area contributed by atoms with Crippen LogP contribution in [0.5, 0.6) is 0 Å². The van der Waals surface area contributed by atoms with Crippen molar-refractivity contribution in [1.29, 1.82) is 0 Å². The summed E-state index contributed by atoms with van der Waals surface area (Å²) in [5, 5.41) is 10.8. The molecule has 1 rings (SSSR count). The number of carbonyl (C=O) groups excluding carboxylic acids is 1. The van der Waals surface area contributed by atoms with E-state index in [1.807, 2.05) is 0 Å². The first-order valence-electron chi connectivity index (χ1n) is 4.09. The first-order valence-corrected chi connectivity index (χ1v) is 5.21. The molecule has 0 aliphatic carbocycles. The largest absolute Gasteiger partial charge is 0.294 e. The zero-order chi connectivity index (χ0) is 11.4. The number of hydrogen-bond acceptors (Lipinski definition) is 3. The number of halogens is 2. The van der Waals surface area contributed by atoms with E-state index in [2.05, 4.69) is 15.9 Å². The quantitative estimate of drug-likeness (QED) is 0.367. The third-order valence-electron chi connectivity index (χ3n) is 1.78. The van der Waals surface area contributed by atoms with Crippen molar-refractivity contribution in [2.45, 2.75) is 6.42 Å². The van der Waals surface area contributed by atoms with Crippen LogP contribution in [0.3, 0.4) is 0 Å². The Hall–Kier alpha value is -1.30. The molecule has 0 spiro atoms. The first-order chi connectivity index (χ1) is 7.06. The van der Waals surface area contributed by atoms with Crippen LogP contribution in [-0.4, -0.2) is 16.0 Å². The van der Waals surface area contributed by atoms with E-state index in [1.54, 1.807) is 0 Å². The molecule has 0 atom stereocenters. The van der Waals surface area contributed by atoms with Gasteiger partial charge in [-0.1, -0.05) is 15.9 Å². The molecule has 1 aromatic rings. The molecular weight excluding hydrogens is 269 g/mol. The Morgan fingerprint density at radius 3 is 2.73 bits per heavy atom. The van der Waals surface area contributed by atoms with Crippen LogP contribution in [0.15, 0.2) is 18.2 Å². The normalized spacial score (nSPS) is 10.0. The molecule has 1 aromatic carbocycles. The second kappa shape index (κ2) is 4.97. The van der Waals surface area contributed by atoms with Gasteiger partial charge in [0.15, 0.2) is 5.78 Å². The lowest BCUT2D eigenvalue weighted by Crippen LogP contribution is -2.04. The Labute approximate surface area is 93.4 Å². The highest BCUT2D eigenvalue weighted by molar-refractivity contribution is 9.09. The minimum atomic E-state index is -0.730. The highest BCUT2D eigenvalue weighted by atomic mass is 79.9. The van der Waals surface area contributed by atoms with E-state index in [0.29, 0.717) is 5.33 Å². The van der Waals surface area contributed by atoms with Gasteiger partial charge in [-0.25, -0.2) is 4.39 Å². The summed E-state index contributed by atoms with van der Waals surface area (Å²) in [4.78, 5) is 21.1. The van der Waals surface area contributed by atoms with Crippen LogP contribution in [0.25, 0.3) is 0 Å². The molecule has 0 saturated heterocycles. The fourth-order valence-electron chi connectivity index (χ4n) is 1.06. The molecule has 0 aliphatic rings. The second-order valence-corrected chi connectivity index (χ2v) is 3.58. The summed E-state index contributed by atoms with van der Waals surface area (Å²) in [5.74, 6) is -1.18. The standard InChI is InChI=1S/C9H7BrFNO3/c10-4-3-9(13)7-5-6(12(14)15)1-2-8(7)11/h1-2,5H,3-4H2. The zero-order valence-electron chi connectivity index (χ0n) is 7.57. The van der Waals surface area contributed by atoms with E-state index in [4.69, 9.17) is 0 Å². The van der Waals surface area contributed by atoms with Gasteiger partial charge in [0, 0.05) is 23.9 Å². The number of rotatable bonds is 4. The summed E-state index contributed by atoms with van der Waals surface area (Å²) in [5.41, 5.74) is -0.516. The number of non-ortho nitro benzene ring substituents is 1. The Balaban J connectivity index is 3.10. The van der Waals surface area contributed by atoms with Gasteiger partial charge >= 0.3 is 0 Å². The molecule has 0 N–H and O–H groups in total. The first kappa shape index (κ1) is 11.8. The number of hydrogen-bond donors (Lipinski definition) is 0. The Morgan fingerprint density at radius 1 is 1.53 bits per heavy atom. The average Bonchev–Trinajstić information content (AvgIpc) is 2.18. The van der Waals surface area contributed by atoms with Gasteiger partial charge in [0.1, 0.15) is 5.82 Å². The SMILES string of the molecule is O=C(CCBr)c1cc([N+](=O)[O-])ccc1F. The van der Waals surface area contributed by atoms with Gasteiger partial charge in [-0.05, 0) is 6.07 Å². The number of benzene rings is 1. The van der Waals surface area contributed by atoms with Crippen molar-refractivity contribution in [3.05, 3.63) is 39.7 Å². The van der Waals surface area contributed by atoms with E-state index in [1.165, 1.54) is 0 Å². The average molecular weight is 276 g/mol. The summed E-state index contributed by atoms with van der Waals surface area (Å²) in [7, 11) is 0. The lowest BCUT2D eigenvalue weighted by Gasteiger charge is -2.00. The topological polar surface area (TPSA) is 60.2 Å². The summed E-state index contributed by atoms with van der Waals surface area (Å²) < 4.78 is 13.1. The maximum Gasteiger partial charge on any atom is 0.270 e. The molecular formula is C9H7BrFNO3. The smallest absolute Gasteiger partial charge is 0.270 e. The molecule has 4 nitrogen and oxygen atoms in total. The third-order valence-corrected chi connectivity index (χ3v) is 2.18. The molecule has 0 amide bonds. The second-order valence-electron chi connectivity index (χ2n) is 2.78. The predicted octanol–water partition coefficient (Wildman–Crippen LogP) is 2.70. The van der Waals surface area contributed by atoms with Crippen LogP contribution in [0.4, 0.5) is 10.1 Å². The van der Waals surface area contributed by atoms with Gasteiger partial charge in [-0.15, -0.1) is 0 Å². The molecule has 0 unspecified atom stereocenters. The molecule has 0 aromatic heterocycles. The number of Topliss-reactive ketones (excluding diaryl/α,β-unsaturated/α-hetero) is 1. The minimum Gasteiger partial charge on any atom is -0.294 e. The summed E-state index contributed by atoms with van der Waals surface area (Å²) >= 11 is 3.04. The van der Waals surface area contributed by atoms with Crippen LogP contribution in [0, 0.1) is 15.9 Å². The van der Waals surface area contributed by atoms with E-state index in [9.17, 15) is 19.3 Å². The van der Waals surface area contributed by atoms with Crippen LogP contribution >= 0.6 is 15.9 Å². The van der Waals surface area contributed by atoms with Crippen molar-refractivity contribution in [3.8, 4) is 0 Å². The molecule has 0 aliphatic heterocycles. The van der Waals surface area contributed by atoms with Crippen molar-refractivity contribution in [2.24, 2.45) is 0 Å². The van der Waals surface area contributed by atoms with Crippen LogP contribution in [0.2, 0.25) is 0 Å². The molecule has 0 radical (unpaired) electrons. The lowest BCUT2D eigenvalue weighted by atomic mass is 10.1. The van der Waals surface area contributed by atoms with Gasteiger partial charge in [-0.3, -0.25) is 14.9 Å². The monoisotopic (exact) mass is 275 g/mol. The van der Waals surface area contributed by atoms with Crippen LogP contribution < -0.4 is 0 Å². The minimum absolute atomic E-state index is 0.109. The maximum atomic E-state index is 13.1. The summed E-state index contributed by atoms with van der Waals surface area (Å²) in [6.45, 7) is 0. The third kappa shape index (κ3) is 2.82. The van der Waals surface area contributed by atoms with E-state index in [0.717, 1.165) is 18.2 Å². The number of carbonyl (C=O) groups is 1. The highest BCUT2D eigenvalue weighted by Crippen LogP contribution is 2.18. The Kier molecular flexibility index (Phi) is 3.90. The van der Waals surface area contributed by atoms with Crippen molar-refractivity contribution < 1.29 is 14.1 Å². The Bertz CT molecular complexity index is 408. The number of nitro benzene ring substituents is 1. The molecule has 15 heavy (non-hydrogen) atoms. The van der Waals surface area contributed by atoms with Gasteiger partial charge in [0.25, 0.3) is 5.69 Å². The molecule has 0 saturated carbocycles. The molecule has 80 valence electrons. The number of ketones is 1. The molecule has 0 fully saturated rings. The number of nitro groups is 1. The van der Waals surface area contributed by atoms with Crippen LogP contribution in [-0.2, 0) is 0 Å². The molecule has 0 bridgehead atoms. The summed E-state index contributed by atoms with van der Waals surface area (Å²) in [6.07, 6.45) is 0.109. The fourth-order valence-corrected chi connectivity index (χ4v) is 1.42. The van der Waals surface area contributed by atoms with Crippen molar-refractivity contribution in [3.63, 3.8) is 0 Å². The van der Waals surface area contributed by atoms with Gasteiger partial charge in [0.05, 0.1) is 10.5 Å².